The maximum absolute atomic E-state index is 13.0. The second kappa shape index (κ2) is 7.17. The SMILES string of the molecule is COC(=O)CN(CC(=O)OC)C(=O)c1cccc(F)n1. The molecule has 0 bridgehead atoms. The third kappa shape index (κ3) is 4.30. The first-order valence-electron chi connectivity index (χ1n) is 5.53. The van der Waals surface area contributed by atoms with Gasteiger partial charge in [-0.2, -0.15) is 4.39 Å². The standard InChI is InChI=1S/C12H13FN2O5/c1-19-10(16)6-15(7-11(17)20-2)12(18)8-4-3-5-9(13)14-8/h3-5H,6-7H2,1-2H3. The van der Waals surface area contributed by atoms with Gasteiger partial charge in [0.15, 0.2) is 0 Å². The molecule has 7 nitrogen and oxygen atoms in total. The fraction of sp³-hybridized carbons (Fsp3) is 0.333. The zero-order chi connectivity index (χ0) is 15.1. The minimum Gasteiger partial charge on any atom is -0.468 e. The summed E-state index contributed by atoms with van der Waals surface area (Å²) < 4.78 is 21.8. The van der Waals surface area contributed by atoms with Gasteiger partial charge in [-0.1, -0.05) is 6.07 Å². The van der Waals surface area contributed by atoms with Crippen LogP contribution >= 0.6 is 0 Å². The van der Waals surface area contributed by atoms with Crippen LogP contribution in [0.2, 0.25) is 0 Å². The quantitative estimate of drug-likeness (QED) is 0.559. The number of carbonyl (C=O) groups is 3. The maximum Gasteiger partial charge on any atom is 0.325 e. The number of aromatic nitrogens is 1. The number of pyridine rings is 1. The maximum atomic E-state index is 13.0. The van der Waals surface area contributed by atoms with Crippen LogP contribution in [-0.4, -0.2) is 55.0 Å². The van der Waals surface area contributed by atoms with Crippen molar-refractivity contribution < 1.29 is 28.2 Å². The van der Waals surface area contributed by atoms with E-state index in [9.17, 15) is 18.8 Å². The van der Waals surface area contributed by atoms with Gasteiger partial charge in [0.05, 0.1) is 14.2 Å². The monoisotopic (exact) mass is 284 g/mol. The van der Waals surface area contributed by atoms with Crippen molar-refractivity contribution in [1.29, 1.82) is 0 Å². The molecule has 0 aliphatic heterocycles. The Morgan fingerprint density at radius 3 is 2.15 bits per heavy atom. The number of amides is 1. The highest BCUT2D eigenvalue weighted by atomic mass is 19.1. The zero-order valence-corrected chi connectivity index (χ0v) is 11.0. The molecule has 0 atom stereocenters. The van der Waals surface area contributed by atoms with Crippen LogP contribution in [0.5, 0.6) is 0 Å². The van der Waals surface area contributed by atoms with Crippen molar-refractivity contribution in [3.05, 3.63) is 29.8 Å². The highest BCUT2D eigenvalue weighted by Crippen LogP contribution is 2.04. The molecule has 1 amide bonds. The second-order valence-corrected chi connectivity index (χ2v) is 3.66. The topological polar surface area (TPSA) is 85.8 Å². The predicted octanol–water partition coefficient (Wildman–Crippen LogP) is 0.00890. The summed E-state index contributed by atoms with van der Waals surface area (Å²) in [4.78, 5) is 38.8. The number of nitrogens with zero attached hydrogens (tertiary/aromatic N) is 2. The van der Waals surface area contributed by atoms with E-state index in [1.165, 1.54) is 12.1 Å². The third-order valence-electron chi connectivity index (χ3n) is 2.32. The first-order chi connectivity index (χ1) is 9.47. The summed E-state index contributed by atoms with van der Waals surface area (Å²) in [7, 11) is 2.28. The number of halogens is 1. The number of esters is 2. The Hall–Kier alpha value is -2.51. The molecule has 0 aliphatic rings. The first-order valence-corrected chi connectivity index (χ1v) is 5.53. The lowest BCUT2D eigenvalue weighted by molar-refractivity contribution is -0.144. The van der Waals surface area contributed by atoms with E-state index < -0.39 is 36.9 Å². The molecule has 0 radical (unpaired) electrons. The van der Waals surface area contributed by atoms with E-state index in [2.05, 4.69) is 14.5 Å². The average molecular weight is 284 g/mol. The lowest BCUT2D eigenvalue weighted by Gasteiger charge is -2.19. The van der Waals surface area contributed by atoms with Gasteiger partial charge < -0.3 is 14.4 Å². The number of ether oxygens (including phenoxy) is 2. The van der Waals surface area contributed by atoms with Gasteiger partial charge in [0, 0.05) is 0 Å². The summed E-state index contributed by atoms with van der Waals surface area (Å²) in [5.74, 6) is -3.07. The first kappa shape index (κ1) is 15.5. The molecule has 20 heavy (non-hydrogen) atoms. The Morgan fingerprint density at radius 2 is 1.70 bits per heavy atom. The highest BCUT2D eigenvalue weighted by molar-refractivity contribution is 5.96. The third-order valence-corrected chi connectivity index (χ3v) is 2.32. The van der Waals surface area contributed by atoms with Crippen LogP contribution < -0.4 is 0 Å². The van der Waals surface area contributed by atoms with Crippen LogP contribution in [0.4, 0.5) is 4.39 Å². The normalized spacial score (nSPS) is 9.75. The van der Waals surface area contributed by atoms with Crippen molar-refractivity contribution in [3.8, 4) is 0 Å². The molecule has 0 saturated heterocycles. The molecule has 8 heteroatoms. The van der Waals surface area contributed by atoms with Crippen LogP contribution in [-0.2, 0) is 19.1 Å². The fourth-order valence-corrected chi connectivity index (χ4v) is 1.33. The molecule has 108 valence electrons. The van der Waals surface area contributed by atoms with Crippen molar-refractivity contribution in [2.75, 3.05) is 27.3 Å². The van der Waals surface area contributed by atoms with Crippen LogP contribution in [0, 0.1) is 5.95 Å². The van der Waals surface area contributed by atoms with Crippen molar-refractivity contribution in [1.82, 2.24) is 9.88 Å². The summed E-state index contributed by atoms with van der Waals surface area (Å²) >= 11 is 0. The Balaban J connectivity index is 2.93. The minimum absolute atomic E-state index is 0.224. The molecule has 1 aromatic rings. The molecule has 1 heterocycles. The minimum atomic E-state index is -0.841. The largest absolute Gasteiger partial charge is 0.468 e. The van der Waals surface area contributed by atoms with E-state index in [4.69, 9.17) is 0 Å². The average Bonchev–Trinajstić information content (AvgIpc) is 2.45. The molecule has 0 spiro atoms. The van der Waals surface area contributed by atoms with Gasteiger partial charge in [-0.15, -0.1) is 0 Å². The molecule has 0 fully saturated rings. The molecular formula is C12H13FN2O5. The lowest BCUT2D eigenvalue weighted by Crippen LogP contribution is -2.40. The van der Waals surface area contributed by atoms with Gasteiger partial charge in [-0.05, 0) is 12.1 Å². The number of rotatable bonds is 5. The van der Waals surface area contributed by atoms with Crippen LogP contribution in [0.3, 0.4) is 0 Å². The van der Waals surface area contributed by atoms with Gasteiger partial charge in [0.2, 0.25) is 5.95 Å². The number of carbonyl (C=O) groups excluding carboxylic acids is 3. The van der Waals surface area contributed by atoms with E-state index >= 15 is 0 Å². The Kier molecular flexibility index (Phi) is 5.57. The van der Waals surface area contributed by atoms with Gasteiger partial charge in [-0.25, -0.2) is 4.98 Å². The molecule has 0 unspecified atom stereocenters. The molecule has 1 rings (SSSR count). The number of methoxy groups -OCH3 is 2. The van der Waals surface area contributed by atoms with Gasteiger partial charge >= 0.3 is 11.9 Å². The molecular weight excluding hydrogens is 271 g/mol. The lowest BCUT2D eigenvalue weighted by atomic mass is 10.3. The predicted molar refractivity (Wildman–Crippen MR) is 64.1 cm³/mol. The van der Waals surface area contributed by atoms with Gasteiger partial charge in [0.1, 0.15) is 18.8 Å². The van der Waals surface area contributed by atoms with Crippen LogP contribution in [0.1, 0.15) is 10.5 Å². The van der Waals surface area contributed by atoms with Crippen LogP contribution in [0.25, 0.3) is 0 Å². The molecule has 0 saturated carbocycles. The molecule has 1 aromatic heterocycles. The molecule has 0 aromatic carbocycles. The molecule has 0 aliphatic carbocycles. The summed E-state index contributed by atoms with van der Waals surface area (Å²) in [5, 5.41) is 0. The van der Waals surface area contributed by atoms with E-state index in [0.717, 1.165) is 25.2 Å². The van der Waals surface area contributed by atoms with E-state index in [1.807, 2.05) is 0 Å². The Bertz CT molecular complexity index is 502. The fourth-order valence-electron chi connectivity index (χ4n) is 1.33. The van der Waals surface area contributed by atoms with Crippen LogP contribution in [0.15, 0.2) is 18.2 Å². The highest BCUT2D eigenvalue weighted by Gasteiger charge is 2.23. The van der Waals surface area contributed by atoms with E-state index in [1.54, 1.807) is 0 Å². The smallest absolute Gasteiger partial charge is 0.325 e. The van der Waals surface area contributed by atoms with E-state index in [0.29, 0.717) is 0 Å². The van der Waals surface area contributed by atoms with Crippen molar-refractivity contribution >= 4 is 17.8 Å². The Labute approximate surface area is 114 Å². The van der Waals surface area contributed by atoms with Gasteiger partial charge in [-0.3, -0.25) is 14.4 Å². The number of hydrogen-bond donors (Lipinski definition) is 0. The van der Waals surface area contributed by atoms with E-state index in [-0.39, 0.29) is 5.69 Å². The Morgan fingerprint density at radius 1 is 1.15 bits per heavy atom. The van der Waals surface area contributed by atoms with Gasteiger partial charge in [0.25, 0.3) is 5.91 Å². The summed E-state index contributed by atoms with van der Waals surface area (Å²) in [6.07, 6.45) is 0. The summed E-state index contributed by atoms with van der Waals surface area (Å²) in [5.41, 5.74) is -0.224. The van der Waals surface area contributed by atoms with Crippen molar-refractivity contribution in [2.45, 2.75) is 0 Å². The zero-order valence-electron chi connectivity index (χ0n) is 11.0. The van der Waals surface area contributed by atoms with Crippen molar-refractivity contribution in [3.63, 3.8) is 0 Å². The number of hydrogen-bond acceptors (Lipinski definition) is 6. The van der Waals surface area contributed by atoms with Crippen molar-refractivity contribution in [2.24, 2.45) is 0 Å². The summed E-state index contributed by atoms with van der Waals surface area (Å²) in [6.45, 7) is -0.939. The summed E-state index contributed by atoms with van der Waals surface area (Å²) in [6, 6.07) is 3.64. The molecule has 0 N–H and O–H groups in total. The second-order valence-electron chi connectivity index (χ2n) is 3.66.